The Hall–Kier alpha value is 0.540. The van der Waals surface area contributed by atoms with Crippen molar-refractivity contribution in [3.63, 3.8) is 0 Å². The van der Waals surface area contributed by atoms with Crippen LogP contribution in [0.4, 0.5) is 0 Å². The molecular formula is C11H22NSiZr. The van der Waals surface area contributed by atoms with E-state index in [9.17, 15) is 0 Å². The van der Waals surface area contributed by atoms with Gasteiger partial charge in [0, 0.05) is 0 Å². The van der Waals surface area contributed by atoms with Gasteiger partial charge in [-0.3, -0.25) is 0 Å². The van der Waals surface area contributed by atoms with E-state index in [1.165, 1.54) is 6.42 Å². The molecule has 0 atom stereocenters. The fourth-order valence-corrected chi connectivity index (χ4v) is 18.0. The van der Waals surface area contributed by atoms with Crippen molar-refractivity contribution in [3.05, 3.63) is 21.5 Å². The average molecular weight is 288 g/mol. The minimum absolute atomic E-state index is 0.315. The molecule has 0 aromatic rings. The Bertz CT molecular complexity index is 251. The van der Waals surface area contributed by atoms with Crippen molar-refractivity contribution in [2.24, 2.45) is 0 Å². The summed E-state index contributed by atoms with van der Waals surface area (Å²) in [5, 5.41) is 0. The molecule has 3 heteroatoms. The van der Waals surface area contributed by atoms with Crippen LogP contribution in [0.3, 0.4) is 0 Å². The van der Waals surface area contributed by atoms with Crippen LogP contribution >= 0.6 is 0 Å². The van der Waals surface area contributed by atoms with E-state index in [-0.39, 0.29) is 0 Å². The van der Waals surface area contributed by atoms with Gasteiger partial charge in [0.25, 0.3) is 0 Å². The Morgan fingerprint density at radius 3 is 2.36 bits per heavy atom. The van der Waals surface area contributed by atoms with E-state index in [4.69, 9.17) is 0 Å². The monoisotopic (exact) mass is 286 g/mol. The van der Waals surface area contributed by atoms with Gasteiger partial charge in [-0.15, -0.1) is 0 Å². The van der Waals surface area contributed by atoms with Crippen molar-refractivity contribution in [3.8, 4) is 0 Å². The maximum absolute atomic E-state index is 3.95. The third-order valence-corrected chi connectivity index (χ3v) is 20.0. The summed E-state index contributed by atoms with van der Waals surface area (Å²) >= 11 is -1.40. The number of rotatable bonds is 3. The van der Waals surface area contributed by atoms with Crippen LogP contribution in [-0.4, -0.2) is 11.5 Å². The van der Waals surface area contributed by atoms with Crippen molar-refractivity contribution in [2.45, 2.75) is 45.8 Å². The Morgan fingerprint density at radius 2 is 2.00 bits per heavy atom. The van der Waals surface area contributed by atoms with Crippen molar-refractivity contribution >= 4 is 5.92 Å². The standard InChI is InChI=1S/C5H5.C4H10N.C2H7Si.Zr/c1-2-4-5-3-1;1-4(2,3)5;1-3-2;/h1-3H,4H2;5H,1-3H3;3H,1-2H3;/q;-1;;+1. The van der Waals surface area contributed by atoms with Crippen LogP contribution in [0.25, 0.3) is 0 Å². The topological polar surface area (TPSA) is 12.0 Å². The molecule has 0 spiro atoms. The van der Waals surface area contributed by atoms with Gasteiger partial charge in [-0.2, -0.15) is 0 Å². The molecule has 0 aliphatic heterocycles. The minimum atomic E-state index is -1.40. The molecule has 0 unspecified atom stereocenters. The van der Waals surface area contributed by atoms with E-state index < -0.39 is 27.1 Å². The van der Waals surface area contributed by atoms with E-state index in [1.807, 2.05) is 0 Å². The van der Waals surface area contributed by atoms with Crippen molar-refractivity contribution in [1.29, 1.82) is 0 Å². The third kappa shape index (κ3) is 3.96. The predicted octanol–water partition coefficient (Wildman–Crippen LogP) is 2.73. The molecule has 0 fully saturated rings. The molecule has 0 bridgehead atoms. The Kier molecular flexibility index (Phi) is 4.55. The molecule has 1 aliphatic carbocycles. The molecular weight excluding hydrogens is 265 g/mol. The van der Waals surface area contributed by atoms with Crippen LogP contribution in [0.1, 0.15) is 27.2 Å². The summed E-state index contributed by atoms with van der Waals surface area (Å²) in [6, 6.07) is 0. The first-order chi connectivity index (χ1) is 6.40. The molecule has 79 valence electrons. The predicted molar refractivity (Wildman–Crippen MR) is 63.6 cm³/mol. The Balaban J connectivity index is 2.66. The van der Waals surface area contributed by atoms with Gasteiger partial charge >= 0.3 is 97.7 Å². The van der Waals surface area contributed by atoms with Crippen LogP contribution in [0.2, 0.25) is 13.1 Å². The fourth-order valence-electron chi connectivity index (χ4n) is 1.65. The van der Waals surface area contributed by atoms with Gasteiger partial charge < -0.3 is 0 Å². The molecule has 0 aromatic carbocycles. The number of allylic oxidation sites excluding steroid dienone is 4. The van der Waals surface area contributed by atoms with E-state index in [0.29, 0.717) is 5.54 Å². The summed E-state index contributed by atoms with van der Waals surface area (Å²) in [5.41, 5.74) is 0.315. The van der Waals surface area contributed by atoms with Gasteiger partial charge in [0.05, 0.1) is 0 Å². The Morgan fingerprint density at radius 1 is 1.36 bits per heavy atom. The summed E-state index contributed by atoms with van der Waals surface area (Å²) in [6.45, 7) is 11.9. The molecule has 0 amide bonds. The summed E-state index contributed by atoms with van der Waals surface area (Å²) in [5.74, 6) is -0.461. The van der Waals surface area contributed by atoms with Crippen LogP contribution in [-0.2, 0) is 21.2 Å². The zero-order chi connectivity index (χ0) is 10.8. The number of hydrogen-bond donors (Lipinski definition) is 1. The van der Waals surface area contributed by atoms with Crippen molar-refractivity contribution in [2.75, 3.05) is 0 Å². The van der Waals surface area contributed by atoms with Gasteiger partial charge in [0.2, 0.25) is 0 Å². The van der Waals surface area contributed by atoms with Crippen LogP contribution < -0.4 is 3.26 Å². The normalized spacial score (nSPS) is 16.3. The second-order valence-corrected chi connectivity index (χ2v) is 23.7. The first-order valence-electron chi connectivity index (χ1n) is 5.41. The van der Waals surface area contributed by atoms with Crippen molar-refractivity contribution < 1.29 is 21.2 Å². The van der Waals surface area contributed by atoms with Crippen LogP contribution in [0.15, 0.2) is 21.5 Å². The molecule has 1 nitrogen and oxygen atoms in total. The quantitative estimate of drug-likeness (QED) is 0.787. The van der Waals surface area contributed by atoms with E-state index in [1.54, 1.807) is 3.28 Å². The fraction of sp³-hybridized carbons (Fsp3) is 0.636. The first kappa shape index (κ1) is 12.6. The zero-order valence-electron chi connectivity index (χ0n) is 10.0. The van der Waals surface area contributed by atoms with Gasteiger partial charge in [-0.1, -0.05) is 0 Å². The molecule has 1 rings (SSSR count). The second kappa shape index (κ2) is 5.05. The molecule has 0 aromatic heterocycles. The van der Waals surface area contributed by atoms with Crippen molar-refractivity contribution in [1.82, 2.24) is 3.26 Å². The number of nitrogens with one attached hydrogen (secondary N) is 1. The summed E-state index contributed by atoms with van der Waals surface area (Å²) < 4.78 is 5.73. The molecule has 1 aliphatic rings. The summed E-state index contributed by atoms with van der Waals surface area (Å²) in [6.07, 6.45) is 8.15. The van der Waals surface area contributed by atoms with Gasteiger partial charge in [-0.25, -0.2) is 0 Å². The SMILES string of the molecule is C[SiH](C)[Zr]([NH]C(C)(C)C)[C]1=CC=CC1. The first-order valence-corrected chi connectivity index (χ1v) is 15.0. The second-order valence-electron chi connectivity index (χ2n) is 5.27. The molecule has 0 heterocycles. The van der Waals surface area contributed by atoms with Gasteiger partial charge in [0.15, 0.2) is 0 Å². The van der Waals surface area contributed by atoms with E-state index >= 15 is 0 Å². The molecule has 1 N–H and O–H groups in total. The average Bonchev–Trinajstić information content (AvgIpc) is 2.49. The summed E-state index contributed by atoms with van der Waals surface area (Å²) in [4.78, 5) is 0. The number of hydrogen-bond acceptors (Lipinski definition) is 1. The third-order valence-electron chi connectivity index (χ3n) is 2.20. The Labute approximate surface area is 97.3 Å². The van der Waals surface area contributed by atoms with E-state index in [2.05, 4.69) is 55.4 Å². The molecule has 14 heavy (non-hydrogen) atoms. The zero-order valence-corrected chi connectivity index (χ0v) is 13.6. The van der Waals surface area contributed by atoms with Gasteiger partial charge in [-0.05, 0) is 0 Å². The summed E-state index contributed by atoms with van der Waals surface area (Å²) in [7, 11) is 0. The molecule has 0 radical (unpaired) electrons. The van der Waals surface area contributed by atoms with Gasteiger partial charge in [0.1, 0.15) is 0 Å². The van der Waals surface area contributed by atoms with Crippen LogP contribution in [0, 0.1) is 0 Å². The van der Waals surface area contributed by atoms with Crippen LogP contribution in [0.5, 0.6) is 0 Å². The van der Waals surface area contributed by atoms with E-state index in [0.717, 1.165) is 0 Å². The molecule has 0 saturated carbocycles. The maximum atomic E-state index is 3.95. The molecule has 0 saturated heterocycles.